The average molecular weight is 291 g/mol. The summed E-state index contributed by atoms with van der Waals surface area (Å²) in [6.07, 6.45) is 0.831. The van der Waals surface area contributed by atoms with E-state index in [-0.39, 0.29) is 5.56 Å². The van der Waals surface area contributed by atoms with Gasteiger partial charge in [0.15, 0.2) is 0 Å². The fraction of sp³-hybridized carbons (Fsp3) is 0.188. The highest BCUT2D eigenvalue weighted by Crippen LogP contribution is 2.27. The van der Waals surface area contributed by atoms with Gasteiger partial charge in [-0.3, -0.25) is 0 Å². The molecule has 0 aliphatic carbocycles. The van der Waals surface area contributed by atoms with E-state index < -0.39 is 5.97 Å². The van der Waals surface area contributed by atoms with Gasteiger partial charge in [-0.2, -0.15) is 0 Å². The van der Waals surface area contributed by atoms with Gasteiger partial charge in [0.1, 0.15) is 0 Å². The number of carbonyl (C=O) groups is 1. The third-order valence-electron chi connectivity index (χ3n) is 3.07. The Kier molecular flexibility index (Phi) is 4.77. The lowest BCUT2D eigenvalue weighted by Crippen LogP contribution is -1.99. The molecule has 2 aromatic carbocycles. The maximum atomic E-state index is 11.3. The molecule has 1 N–H and O–H groups in total. The number of hydrogen-bond donors (Lipinski definition) is 1. The second-order valence-electron chi connectivity index (χ2n) is 4.43. The highest BCUT2D eigenvalue weighted by Gasteiger charge is 2.12. The largest absolute Gasteiger partial charge is 0.478 e. The standard InChI is InChI=1S/C16H15ClO3/c1-20-9-8-11-2-4-12(5-3-11)15-10-13(17)6-7-14(15)16(18)19/h2-7,10H,8-9H2,1H3,(H,18,19). The summed E-state index contributed by atoms with van der Waals surface area (Å²) in [6.45, 7) is 0.664. The van der Waals surface area contributed by atoms with Crippen LogP contribution in [-0.4, -0.2) is 24.8 Å². The minimum absolute atomic E-state index is 0.249. The highest BCUT2D eigenvalue weighted by molar-refractivity contribution is 6.31. The second kappa shape index (κ2) is 6.55. The molecule has 104 valence electrons. The van der Waals surface area contributed by atoms with Crippen LogP contribution in [0, 0.1) is 0 Å². The summed E-state index contributed by atoms with van der Waals surface area (Å²) in [6, 6.07) is 12.5. The zero-order valence-corrected chi connectivity index (χ0v) is 11.9. The molecular weight excluding hydrogens is 276 g/mol. The molecule has 0 saturated carbocycles. The zero-order chi connectivity index (χ0) is 14.5. The van der Waals surface area contributed by atoms with Crippen LogP contribution in [0.25, 0.3) is 11.1 Å². The first kappa shape index (κ1) is 14.6. The summed E-state index contributed by atoms with van der Waals surface area (Å²) in [5.74, 6) is -0.958. The molecular formula is C16H15ClO3. The molecule has 0 unspecified atom stereocenters. The van der Waals surface area contributed by atoms with Gasteiger partial charge in [-0.15, -0.1) is 0 Å². The van der Waals surface area contributed by atoms with Gasteiger partial charge in [0.05, 0.1) is 12.2 Å². The van der Waals surface area contributed by atoms with E-state index in [9.17, 15) is 9.90 Å². The summed E-state index contributed by atoms with van der Waals surface area (Å²) >= 11 is 5.96. The minimum Gasteiger partial charge on any atom is -0.478 e. The van der Waals surface area contributed by atoms with Crippen LogP contribution in [0.2, 0.25) is 5.02 Å². The van der Waals surface area contributed by atoms with Crippen LogP contribution in [0.4, 0.5) is 0 Å². The minimum atomic E-state index is -0.958. The molecule has 0 fully saturated rings. The van der Waals surface area contributed by atoms with Crippen molar-refractivity contribution in [3.05, 3.63) is 58.6 Å². The number of benzene rings is 2. The molecule has 0 bridgehead atoms. The molecule has 2 aromatic rings. The second-order valence-corrected chi connectivity index (χ2v) is 4.87. The fourth-order valence-corrected chi connectivity index (χ4v) is 2.18. The van der Waals surface area contributed by atoms with E-state index in [1.807, 2.05) is 24.3 Å². The van der Waals surface area contributed by atoms with E-state index in [0.29, 0.717) is 17.2 Å². The van der Waals surface area contributed by atoms with Crippen molar-refractivity contribution in [1.29, 1.82) is 0 Å². The molecule has 0 amide bonds. The van der Waals surface area contributed by atoms with Crippen molar-refractivity contribution in [3.8, 4) is 11.1 Å². The summed E-state index contributed by atoms with van der Waals surface area (Å²) in [7, 11) is 1.67. The Balaban J connectivity index is 2.36. The van der Waals surface area contributed by atoms with Crippen LogP contribution in [-0.2, 0) is 11.2 Å². The maximum Gasteiger partial charge on any atom is 0.336 e. The lowest BCUT2D eigenvalue weighted by atomic mass is 9.98. The first-order valence-electron chi connectivity index (χ1n) is 6.23. The van der Waals surface area contributed by atoms with E-state index in [0.717, 1.165) is 17.5 Å². The van der Waals surface area contributed by atoms with Crippen molar-refractivity contribution in [2.45, 2.75) is 6.42 Å². The normalized spacial score (nSPS) is 10.5. The van der Waals surface area contributed by atoms with Crippen molar-refractivity contribution < 1.29 is 14.6 Å². The van der Waals surface area contributed by atoms with Gasteiger partial charge in [0.2, 0.25) is 0 Å². The van der Waals surface area contributed by atoms with E-state index in [4.69, 9.17) is 16.3 Å². The Morgan fingerprint density at radius 1 is 1.20 bits per heavy atom. The van der Waals surface area contributed by atoms with Gasteiger partial charge in [-0.25, -0.2) is 4.79 Å². The predicted molar refractivity (Wildman–Crippen MR) is 79.4 cm³/mol. The molecule has 0 saturated heterocycles. The number of carboxylic acid groups (broad SMARTS) is 1. The van der Waals surface area contributed by atoms with Crippen molar-refractivity contribution in [2.75, 3.05) is 13.7 Å². The van der Waals surface area contributed by atoms with E-state index in [1.54, 1.807) is 19.2 Å². The number of aromatic carboxylic acids is 1. The molecule has 2 rings (SSSR count). The quantitative estimate of drug-likeness (QED) is 0.908. The summed E-state index contributed by atoms with van der Waals surface area (Å²) in [5, 5.41) is 9.75. The Labute approximate surface area is 122 Å². The van der Waals surface area contributed by atoms with Crippen molar-refractivity contribution in [3.63, 3.8) is 0 Å². The van der Waals surface area contributed by atoms with Crippen molar-refractivity contribution in [1.82, 2.24) is 0 Å². The van der Waals surface area contributed by atoms with Crippen molar-refractivity contribution in [2.24, 2.45) is 0 Å². The third-order valence-corrected chi connectivity index (χ3v) is 3.31. The smallest absolute Gasteiger partial charge is 0.336 e. The van der Waals surface area contributed by atoms with Crippen LogP contribution >= 0.6 is 11.6 Å². The SMILES string of the molecule is COCCc1ccc(-c2cc(Cl)ccc2C(=O)O)cc1. The molecule has 0 spiro atoms. The van der Waals surface area contributed by atoms with Gasteiger partial charge < -0.3 is 9.84 Å². The topological polar surface area (TPSA) is 46.5 Å². The first-order chi connectivity index (χ1) is 9.61. The van der Waals surface area contributed by atoms with Gasteiger partial charge in [-0.1, -0.05) is 35.9 Å². The van der Waals surface area contributed by atoms with Crippen LogP contribution < -0.4 is 0 Å². The van der Waals surface area contributed by atoms with Crippen LogP contribution in [0.5, 0.6) is 0 Å². The van der Waals surface area contributed by atoms with Gasteiger partial charge in [-0.05, 0) is 41.3 Å². The average Bonchev–Trinajstić information content (AvgIpc) is 2.45. The summed E-state index contributed by atoms with van der Waals surface area (Å²) in [5.41, 5.74) is 2.86. The summed E-state index contributed by atoms with van der Waals surface area (Å²) < 4.78 is 5.03. The first-order valence-corrected chi connectivity index (χ1v) is 6.60. The Morgan fingerprint density at radius 2 is 1.90 bits per heavy atom. The number of ether oxygens (including phenoxy) is 1. The molecule has 0 aromatic heterocycles. The van der Waals surface area contributed by atoms with E-state index >= 15 is 0 Å². The summed E-state index contributed by atoms with van der Waals surface area (Å²) in [4.78, 5) is 11.3. The predicted octanol–water partition coefficient (Wildman–Crippen LogP) is 3.89. The highest BCUT2D eigenvalue weighted by atomic mass is 35.5. The number of carboxylic acids is 1. The van der Waals surface area contributed by atoms with Crippen LogP contribution in [0.1, 0.15) is 15.9 Å². The molecule has 0 aliphatic heterocycles. The van der Waals surface area contributed by atoms with E-state index in [1.165, 1.54) is 6.07 Å². The fourth-order valence-electron chi connectivity index (χ4n) is 2.01. The molecule has 0 aliphatic rings. The molecule has 4 heteroatoms. The lowest BCUT2D eigenvalue weighted by Gasteiger charge is -2.08. The molecule has 0 radical (unpaired) electrons. The number of methoxy groups -OCH3 is 1. The van der Waals surface area contributed by atoms with Gasteiger partial charge >= 0.3 is 5.97 Å². The Hall–Kier alpha value is -1.84. The Morgan fingerprint density at radius 3 is 2.50 bits per heavy atom. The number of rotatable bonds is 5. The molecule has 0 atom stereocenters. The monoisotopic (exact) mass is 290 g/mol. The van der Waals surface area contributed by atoms with E-state index in [2.05, 4.69) is 0 Å². The van der Waals surface area contributed by atoms with Crippen LogP contribution in [0.3, 0.4) is 0 Å². The lowest BCUT2D eigenvalue weighted by molar-refractivity contribution is 0.0698. The number of halogens is 1. The number of hydrogen-bond acceptors (Lipinski definition) is 2. The van der Waals surface area contributed by atoms with Gasteiger partial charge in [0.25, 0.3) is 0 Å². The Bertz CT molecular complexity index is 606. The van der Waals surface area contributed by atoms with Crippen LogP contribution in [0.15, 0.2) is 42.5 Å². The molecule has 3 nitrogen and oxygen atoms in total. The third kappa shape index (κ3) is 3.38. The van der Waals surface area contributed by atoms with Gasteiger partial charge in [0, 0.05) is 12.1 Å². The maximum absolute atomic E-state index is 11.3. The van der Waals surface area contributed by atoms with Crippen molar-refractivity contribution >= 4 is 17.6 Å². The molecule has 20 heavy (non-hydrogen) atoms. The zero-order valence-electron chi connectivity index (χ0n) is 11.1. The molecule has 0 heterocycles.